The summed E-state index contributed by atoms with van der Waals surface area (Å²) >= 11 is 0. The molecule has 1 aromatic heterocycles. The highest BCUT2D eigenvalue weighted by Crippen LogP contribution is 2.35. The van der Waals surface area contributed by atoms with E-state index in [1.54, 1.807) is 11.0 Å². The molecule has 0 amide bonds. The lowest BCUT2D eigenvalue weighted by Crippen LogP contribution is -2.46. The first-order chi connectivity index (χ1) is 8.39. The van der Waals surface area contributed by atoms with E-state index in [-0.39, 0.29) is 5.41 Å². The summed E-state index contributed by atoms with van der Waals surface area (Å²) in [4.78, 5) is 3.92. The Kier molecular flexibility index (Phi) is 5.08. The van der Waals surface area contributed by atoms with Gasteiger partial charge in [0.15, 0.2) is 0 Å². The molecule has 4 nitrogen and oxygen atoms in total. The van der Waals surface area contributed by atoms with Crippen LogP contribution in [0.25, 0.3) is 0 Å². The molecule has 102 valence electrons. The van der Waals surface area contributed by atoms with Crippen molar-refractivity contribution in [2.24, 2.45) is 5.41 Å². The molecule has 0 aromatic carbocycles. The molecule has 0 aliphatic heterocycles. The van der Waals surface area contributed by atoms with Crippen molar-refractivity contribution in [3.63, 3.8) is 0 Å². The fourth-order valence-corrected chi connectivity index (χ4v) is 1.75. The van der Waals surface area contributed by atoms with Crippen molar-refractivity contribution in [3.05, 3.63) is 24.8 Å². The number of aliphatic hydroxyl groups is 1. The van der Waals surface area contributed by atoms with Gasteiger partial charge < -0.3 is 5.11 Å². The summed E-state index contributed by atoms with van der Waals surface area (Å²) in [6.07, 6.45) is 10.2. The second-order valence-corrected chi connectivity index (χ2v) is 5.84. The van der Waals surface area contributed by atoms with E-state index < -0.39 is 5.60 Å². The van der Waals surface area contributed by atoms with E-state index in [2.05, 4.69) is 49.9 Å². The van der Waals surface area contributed by atoms with Crippen LogP contribution in [0.2, 0.25) is 0 Å². The van der Waals surface area contributed by atoms with Crippen LogP contribution in [0.5, 0.6) is 0 Å². The van der Waals surface area contributed by atoms with Gasteiger partial charge in [-0.3, -0.25) is 4.68 Å². The lowest BCUT2D eigenvalue weighted by Gasteiger charge is -2.39. The van der Waals surface area contributed by atoms with E-state index in [0.29, 0.717) is 13.0 Å². The molecular formula is C14H25N3O. The van der Waals surface area contributed by atoms with Crippen molar-refractivity contribution in [3.8, 4) is 0 Å². The van der Waals surface area contributed by atoms with Gasteiger partial charge in [-0.05, 0) is 18.3 Å². The van der Waals surface area contributed by atoms with Gasteiger partial charge in [-0.1, -0.05) is 46.3 Å². The fourth-order valence-electron chi connectivity index (χ4n) is 1.75. The Labute approximate surface area is 110 Å². The Morgan fingerprint density at radius 2 is 2.00 bits per heavy atom. The number of aromatic nitrogens is 3. The average molecular weight is 251 g/mol. The molecule has 4 heteroatoms. The van der Waals surface area contributed by atoms with Gasteiger partial charge >= 0.3 is 0 Å². The molecule has 0 aliphatic rings. The molecule has 1 heterocycles. The van der Waals surface area contributed by atoms with Gasteiger partial charge in [0.05, 0.1) is 12.1 Å². The van der Waals surface area contributed by atoms with E-state index in [4.69, 9.17) is 0 Å². The van der Waals surface area contributed by atoms with Crippen molar-refractivity contribution in [1.29, 1.82) is 0 Å². The van der Waals surface area contributed by atoms with Crippen LogP contribution in [0, 0.1) is 5.41 Å². The van der Waals surface area contributed by atoms with Crippen molar-refractivity contribution in [2.45, 2.75) is 59.1 Å². The fraction of sp³-hybridized carbons (Fsp3) is 0.714. The summed E-state index contributed by atoms with van der Waals surface area (Å²) in [6, 6.07) is 0. The first kappa shape index (κ1) is 14.9. The van der Waals surface area contributed by atoms with Gasteiger partial charge in [0, 0.05) is 0 Å². The van der Waals surface area contributed by atoms with E-state index >= 15 is 0 Å². The number of allylic oxidation sites excluding steroid dienone is 1. The van der Waals surface area contributed by atoms with Gasteiger partial charge in [-0.25, -0.2) is 4.98 Å². The Morgan fingerprint density at radius 3 is 2.50 bits per heavy atom. The molecule has 1 unspecified atom stereocenters. The number of nitrogens with zero attached hydrogens (tertiary/aromatic N) is 3. The third-order valence-corrected chi connectivity index (χ3v) is 3.36. The lowest BCUT2D eigenvalue weighted by molar-refractivity contribution is -0.0709. The quantitative estimate of drug-likeness (QED) is 0.791. The van der Waals surface area contributed by atoms with Gasteiger partial charge in [-0.15, -0.1) is 0 Å². The smallest absolute Gasteiger partial charge is 0.137 e. The normalized spacial score (nSPS) is 16.1. The highest BCUT2D eigenvalue weighted by Gasteiger charge is 2.39. The summed E-state index contributed by atoms with van der Waals surface area (Å²) < 4.78 is 1.69. The van der Waals surface area contributed by atoms with Crippen molar-refractivity contribution >= 4 is 0 Å². The SMILES string of the molecule is CCC/C=C/CC(O)(Cn1cncn1)C(C)(C)C. The van der Waals surface area contributed by atoms with E-state index in [0.717, 1.165) is 12.8 Å². The topological polar surface area (TPSA) is 50.9 Å². The monoisotopic (exact) mass is 251 g/mol. The maximum absolute atomic E-state index is 10.9. The summed E-state index contributed by atoms with van der Waals surface area (Å²) in [5.74, 6) is 0. The molecular weight excluding hydrogens is 226 g/mol. The Bertz CT molecular complexity index is 365. The minimum atomic E-state index is -0.815. The predicted octanol–water partition coefficient (Wildman–Crippen LogP) is 2.80. The summed E-state index contributed by atoms with van der Waals surface area (Å²) in [7, 11) is 0. The van der Waals surface area contributed by atoms with Gasteiger partial charge in [0.1, 0.15) is 12.7 Å². The van der Waals surface area contributed by atoms with Crippen LogP contribution in [0.15, 0.2) is 24.8 Å². The molecule has 1 N–H and O–H groups in total. The first-order valence-corrected chi connectivity index (χ1v) is 6.59. The summed E-state index contributed by atoms with van der Waals surface area (Å²) in [5.41, 5.74) is -1.03. The van der Waals surface area contributed by atoms with E-state index in [9.17, 15) is 5.11 Å². The maximum Gasteiger partial charge on any atom is 0.137 e. The molecule has 1 aromatic rings. The first-order valence-electron chi connectivity index (χ1n) is 6.59. The summed E-state index contributed by atoms with van der Waals surface area (Å²) in [5, 5.41) is 15.0. The summed E-state index contributed by atoms with van der Waals surface area (Å²) in [6.45, 7) is 8.77. The van der Waals surface area contributed by atoms with E-state index in [1.165, 1.54) is 6.33 Å². The zero-order valence-electron chi connectivity index (χ0n) is 11.9. The largest absolute Gasteiger partial charge is 0.387 e. The predicted molar refractivity (Wildman–Crippen MR) is 73.1 cm³/mol. The molecule has 0 saturated carbocycles. The molecule has 1 atom stereocenters. The number of rotatable bonds is 6. The van der Waals surface area contributed by atoms with Crippen molar-refractivity contribution in [2.75, 3.05) is 0 Å². The van der Waals surface area contributed by atoms with Crippen LogP contribution in [0.3, 0.4) is 0 Å². The second-order valence-electron chi connectivity index (χ2n) is 5.84. The van der Waals surface area contributed by atoms with Crippen LogP contribution >= 0.6 is 0 Å². The zero-order chi connectivity index (χ0) is 13.6. The van der Waals surface area contributed by atoms with Gasteiger partial charge in [0.2, 0.25) is 0 Å². The van der Waals surface area contributed by atoms with Crippen LogP contribution < -0.4 is 0 Å². The van der Waals surface area contributed by atoms with E-state index in [1.807, 2.05) is 0 Å². The molecule has 0 bridgehead atoms. The molecule has 1 rings (SSSR count). The van der Waals surface area contributed by atoms with Crippen LogP contribution in [0.4, 0.5) is 0 Å². The lowest BCUT2D eigenvalue weighted by atomic mass is 9.74. The van der Waals surface area contributed by atoms with Crippen LogP contribution in [0.1, 0.15) is 47.0 Å². The number of hydrogen-bond donors (Lipinski definition) is 1. The molecule has 0 saturated heterocycles. The third-order valence-electron chi connectivity index (χ3n) is 3.36. The highest BCUT2D eigenvalue weighted by molar-refractivity contribution is 4.98. The highest BCUT2D eigenvalue weighted by atomic mass is 16.3. The molecule has 18 heavy (non-hydrogen) atoms. The van der Waals surface area contributed by atoms with Gasteiger partial charge in [0.25, 0.3) is 0 Å². The Hall–Kier alpha value is -1.16. The Morgan fingerprint density at radius 1 is 1.28 bits per heavy atom. The van der Waals surface area contributed by atoms with Crippen molar-refractivity contribution in [1.82, 2.24) is 14.8 Å². The minimum Gasteiger partial charge on any atom is -0.387 e. The number of hydrogen-bond acceptors (Lipinski definition) is 3. The van der Waals surface area contributed by atoms with Crippen LogP contribution in [-0.2, 0) is 6.54 Å². The zero-order valence-corrected chi connectivity index (χ0v) is 11.9. The minimum absolute atomic E-state index is 0.213. The van der Waals surface area contributed by atoms with Crippen LogP contribution in [-0.4, -0.2) is 25.5 Å². The standard InChI is InChI=1S/C14H25N3O/c1-5-6-7-8-9-14(18,13(2,3)4)10-17-12-15-11-16-17/h7-8,11-12,18H,5-6,9-10H2,1-4H3/b8-7+. The third kappa shape index (κ3) is 3.95. The molecule has 0 radical (unpaired) electrons. The second kappa shape index (κ2) is 6.14. The molecule has 0 spiro atoms. The Balaban J connectivity index is 2.76. The molecule has 0 aliphatic carbocycles. The van der Waals surface area contributed by atoms with Crippen molar-refractivity contribution < 1.29 is 5.11 Å². The average Bonchev–Trinajstić information content (AvgIpc) is 2.75. The van der Waals surface area contributed by atoms with Gasteiger partial charge in [-0.2, -0.15) is 5.10 Å². The maximum atomic E-state index is 10.9. The number of unbranched alkanes of at least 4 members (excludes halogenated alkanes) is 1. The molecule has 0 fully saturated rings.